The second-order valence-electron chi connectivity index (χ2n) is 1.64. The number of hydrogen-bond donors (Lipinski definition) is 0. The summed E-state index contributed by atoms with van der Waals surface area (Å²) in [5.41, 5.74) is 0. The van der Waals surface area contributed by atoms with Crippen LogP contribution >= 0.6 is 0 Å². The van der Waals surface area contributed by atoms with Crippen LogP contribution in [0.1, 0.15) is 6.92 Å². The molecule has 0 saturated carbocycles. The Kier molecular flexibility index (Phi) is 4.17. The molecule has 0 aliphatic carbocycles. The molecule has 0 radical (unpaired) electrons. The van der Waals surface area contributed by atoms with Gasteiger partial charge in [-0.25, -0.2) is 14.0 Å². The van der Waals surface area contributed by atoms with Gasteiger partial charge in [-0.1, -0.05) is 0 Å². The normalized spacial score (nSPS) is 11.9. The zero-order valence-electron chi connectivity index (χ0n) is 6.30. The summed E-state index contributed by atoms with van der Waals surface area (Å²) in [6.45, 7) is 1.55. The van der Waals surface area contributed by atoms with E-state index in [0.717, 1.165) is 7.11 Å². The van der Waals surface area contributed by atoms with Gasteiger partial charge >= 0.3 is 11.9 Å². The van der Waals surface area contributed by atoms with Crippen molar-refractivity contribution in [3.05, 3.63) is 0 Å². The standard InChI is InChI=1S/C6H9FO4/c1-3-11-6(9)4(7)5(8)10-2/h4H,3H2,1-2H3. The number of rotatable bonds is 3. The summed E-state index contributed by atoms with van der Waals surface area (Å²) in [7, 11) is 0.994. The highest BCUT2D eigenvalue weighted by molar-refractivity contribution is 5.97. The summed E-state index contributed by atoms with van der Waals surface area (Å²) in [5, 5.41) is 0. The average molecular weight is 164 g/mol. The molecular weight excluding hydrogens is 155 g/mol. The van der Waals surface area contributed by atoms with Gasteiger partial charge in [0, 0.05) is 0 Å². The first-order chi connectivity index (χ1) is 5.13. The maximum atomic E-state index is 12.4. The molecule has 0 aromatic carbocycles. The summed E-state index contributed by atoms with van der Waals surface area (Å²) >= 11 is 0. The topological polar surface area (TPSA) is 52.6 Å². The van der Waals surface area contributed by atoms with Gasteiger partial charge in [-0.05, 0) is 6.92 Å². The first-order valence-electron chi connectivity index (χ1n) is 3.02. The predicted octanol–water partition coefficient (Wildman–Crippen LogP) is 0.0606. The van der Waals surface area contributed by atoms with Crippen molar-refractivity contribution >= 4 is 11.9 Å². The van der Waals surface area contributed by atoms with Crippen LogP contribution in [0, 0.1) is 0 Å². The smallest absolute Gasteiger partial charge is 0.352 e. The molecule has 1 unspecified atom stereocenters. The lowest BCUT2D eigenvalue weighted by Gasteiger charge is -2.03. The first kappa shape index (κ1) is 9.87. The summed E-state index contributed by atoms with van der Waals surface area (Å²) in [6.07, 6.45) is -2.32. The summed E-state index contributed by atoms with van der Waals surface area (Å²) in [5.74, 6) is -2.44. The molecule has 0 spiro atoms. The van der Waals surface area contributed by atoms with Gasteiger partial charge < -0.3 is 9.47 Å². The molecule has 0 heterocycles. The SMILES string of the molecule is CCOC(=O)C(F)C(=O)OC. The molecule has 0 aromatic rings. The van der Waals surface area contributed by atoms with E-state index in [1.54, 1.807) is 0 Å². The van der Waals surface area contributed by atoms with E-state index < -0.39 is 18.1 Å². The number of carbonyl (C=O) groups is 2. The van der Waals surface area contributed by atoms with E-state index in [2.05, 4.69) is 9.47 Å². The Morgan fingerprint density at radius 1 is 1.45 bits per heavy atom. The molecule has 0 aliphatic rings. The molecule has 5 heteroatoms. The molecule has 0 rings (SSSR count). The Hall–Kier alpha value is -1.13. The largest absolute Gasteiger partial charge is 0.466 e. The predicted molar refractivity (Wildman–Crippen MR) is 33.5 cm³/mol. The van der Waals surface area contributed by atoms with Crippen molar-refractivity contribution in [2.45, 2.75) is 13.1 Å². The molecule has 0 aromatic heterocycles. The monoisotopic (exact) mass is 164 g/mol. The number of methoxy groups -OCH3 is 1. The van der Waals surface area contributed by atoms with E-state index in [1.165, 1.54) is 6.92 Å². The van der Waals surface area contributed by atoms with Crippen molar-refractivity contribution in [2.75, 3.05) is 13.7 Å². The summed E-state index contributed by atoms with van der Waals surface area (Å²) < 4.78 is 20.6. The van der Waals surface area contributed by atoms with Crippen molar-refractivity contribution in [3.63, 3.8) is 0 Å². The van der Waals surface area contributed by atoms with Gasteiger partial charge in [0.15, 0.2) is 0 Å². The highest BCUT2D eigenvalue weighted by Crippen LogP contribution is 1.96. The maximum Gasteiger partial charge on any atom is 0.352 e. The molecule has 0 bridgehead atoms. The molecule has 11 heavy (non-hydrogen) atoms. The van der Waals surface area contributed by atoms with Gasteiger partial charge in [-0.2, -0.15) is 0 Å². The lowest BCUT2D eigenvalue weighted by Crippen LogP contribution is -2.28. The van der Waals surface area contributed by atoms with Crippen LogP contribution in [0.25, 0.3) is 0 Å². The third-order valence-corrected chi connectivity index (χ3v) is 0.902. The van der Waals surface area contributed by atoms with Gasteiger partial charge in [0.05, 0.1) is 13.7 Å². The van der Waals surface area contributed by atoms with E-state index >= 15 is 0 Å². The lowest BCUT2D eigenvalue weighted by molar-refractivity contribution is -0.161. The molecule has 0 aliphatic heterocycles. The van der Waals surface area contributed by atoms with E-state index in [0.29, 0.717) is 0 Å². The van der Waals surface area contributed by atoms with Gasteiger partial charge in [0.1, 0.15) is 0 Å². The van der Waals surface area contributed by atoms with Crippen molar-refractivity contribution in [3.8, 4) is 0 Å². The highest BCUT2D eigenvalue weighted by atomic mass is 19.1. The Bertz CT molecular complexity index is 157. The van der Waals surface area contributed by atoms with Crippen LogP contribution < -0.4 is 0 Å². The van der Waals surface area contributed by atoms with Crippen LogP contribution in [0.2, 0.25) is 0 Å². The van der Waals surface area contributed by atoms with Crippen molar-refractivity contribution in [2.24, 2.45) is 0 Å². The van der Waals surface area contributed by atoms with E-state index in [9.17, 15) is 14.0 Å². The third kappa shape index (κ3) is 2.97. The Morgan fingerprint density at radius 2 is 2.00 bits per heavy atom. The number of carbonyl (C=O) groups excluding carboxylic acids is 2. The number of ether oxygens (including phenoxy) is 2. The first-order valence-corrected chi connectivity index (χ1v) is 3.02. The number of halogens is 1. The fraction of sp³-hybridized carbons (Fsp3) is 0.667. The zero-order valence-corrected chi connectivity index (χ0v) is 6.30. The second-order valence-corrected chi connectivity index (χ2v) is 1.64. The molecule has 0 amide bonds. The Morgan fingerprint density at radius 3 is 2.36 bits per heavy atom. The van der Waals surface area contributed by atoms with Crippen LogP contribution in [0.5, 0.6) is 0 Å². The molecule has 0 fully saturated rings. The van der Waals surface area contributed by atoms with E-state index in [4.69, 9.17) is 0 Å². The second kappa shape index (κ2) is 4.65. The molecule has 0 saturated heterocycles. The summed E-state index contributed by atoms with van der Waals surface area (Å²) in [4.78, 5) is 20.8. The van der Waals surface area contributed by atoms with Gasteiger partial charge in [-0.15, -0.1) is 0 Å². The van der Waals surface area contributed by atoms with Crippen LogP contribution in [0.4, 0.5) is 4.39 Å². The molecule has 0 N–H and O–H groups in total. The quantitative estimate of drug-likeness (QED) is 0.437. The van der Waals surface area contributed by atoms with Crippen molar-refractivity contribution in [1.82, 2.24) is 0 Å². The van der Waals surface area contributed by atoms with E-state index in [-0.39, 0.29) is 6.61 Å². The molecular formula is C6H9FO4. The Balaban J connectivity index is 3.91. The minimum Gasteiger partial charge on any atom is -0.466 e. The average Bonchev–Trinajstić information content (AvgIpc) is 2.02. The Labute approximate surface area is 63.3 Å². The van der Waals surface area contributed by atoms with Gasteiger partial charge in [-0.3, -0.25) is 0 Å². The minimum atomic E-state index is -2.32. The lowest BCUT2D eigenvalue weighted by atomic mass is 10.4. The minimum absolute atomic E-state index is 0.0379. The van der Waals surface area contributed by atoms with Crippen LogP contribution in [0.3, 0.4) is 0 Å². The number of esters is 2. The molecule has 1 atom stereocenters. The summed E-state index contributed by atoms with van der Waals surface area (Å²) in [6, 6.07) is 0. The van der Waals surface area contributed by atoms with Crippen LogP contribution in [-0.4, -0.2) is 31.8 Å². The fourth-order valence-electron chi connectivity index (χ4n) is 0.415. The van der Waals surface area contributed by atoms with E-state index in [1.807, 2.05) is 0 Å². The van der Waals surface area contributed by atoms with Crippen molar-refractivity contribution in [1.29, 1.82) is 0 Å². The van der Waals surface area contributed by atoms with Crippen LogP contribution in [-0.2, 0) is 19.1 Å². The number of hydrogen-bond acceptors (Lipinski definition) is 4. The fourth-order valence-corrected chi connectivity index (χ4v) is 0.415. The van der Waals surface area contributed by atoms with Crippen molar-refractivity contribution < 1.29 is 23.5 Å². The number of alkyl halides is 1. The highest BCUT2D eigenvalue weighted by Gasteiger charge is 2.27. The zero-order chi connectivity index (χ0) is 8.85. The van der Waals surface area contributed by atoms with Crippen LogP contribution in [0.15, 0.2) is 0 Å². The van der Waals surface area contributed by atoms with Gasteiger partial charge in [0.25, 0.3) is 6.17 Å². The van der Waals surface area contributed by atoms with Gasteiger partial charge in [0.2, 0.25) is 0 Å². The molecule has 64 valence electrons. The third-order valence-electron chi connectivity index (χ3n) is 0.902. The molecule has 4 nitrogen and oxygen atoms in total. The maximum absolute atomic E-state index is 12.4.